The van der Waals surface area contributed by atoms with Crippen molar-refractivity contribution in [1.82, 2.24) is 0 Å². The van der Waals surface area contributed by atoms with Crippen LogP contribution in [0.15, 0.2) is 11.3 Å². The van der Waals surface area contributed by atoms with E-state index in [1.165, 1.54) is 6.21 Å². The van der Waals surface area contributed by atoms with E-state index in [0.717, 1.165) is 12.0 Å². The summed E-state index contributed by atoms with van der Waals surface area (Å²) in [5, 5.41) is 7.35. The lowest BCUT2D eigenvalue weighted by molar-refractivity contribution is 0.0836. The maximum atomic E-state index is 13.0. The molecule has 3 N–H and O–H groups in total. The lowest BCUT2D eigenvalue weighted by Crippen LogP contribution is -2.42. The van der Waals surface area contributed by atoms with Crippen molar-refractivity contribution in [2.75, 3.05) is 13.2 Å². The van der Waals surface area contributed by atoms with Crippen LogP contribution in [0, 0.1) is 10.8 Å². The minimum atomic E-state index is -0.938. The zero-order valence-electron chi connectivity index (χ0n) is 9.35. The van der Waals surface area contributed by atoms with Gasteiger partial charge in [0.05, 0.1) is 5.41 Å². The third-order valence-electron chi connectivity index (χ3n) is 2.91. The van der Waals surface area contributed by atoms with Gasteiger partial charge in [-0.15, -0.1) is 0 Å². The predicted octanol–water partition coefficient (Wildman–Crippen LogP) is 2.02. The summed E-state index contributed by atoms with van der Waals surface area (Å²) in [6.07, 6.45) is 1.58. The lowest BCUT2D eigenvalue weighted by atomic mass is 9.70. The molecular weight excluding hydrogens is 195 g/mol. The van der Waals surface area contributed by atoms with Gasteiger partial charge < -0.3 is 15.9 Å². The van der Waals surface area contributed by atoms with Gasteiger partial charge in [0.2, 0.25) is 0 Å². The van der Waals surface area contributed by atoms with Crippen molar-refractivity contribution in [1.29, 1.82) is 5.41 Å². The van der Waals surface area contributed by atoms with Gasteiger partial charge >= 0.3 is 0 Å². The van der Waals surface area contributed by atoms with Crippen molar-refractivity contribution >= 4 is 6.21 Å². The van der Waals surface area contributed by atoms with Crippen LogP contribution in [0.5, 0.6) is 0 Å². The number of hydrogen-bond acceptors (Lipinski definition) is 3. The Hall–Kier alpha value is -0.900. The Morgan fingerprint density at radius 2 is 2.40 bits per heavy atom. The Balaban J connectivity index is 2.60. The van der Waals surface area contributed by atoms with Gasteiger partial charge in [-0.2, -0.15) is 0 Å². The smallest absolute Gasteiger partial charge is 0.134 e. The van der Waals surface area contributed by atoms with Gasteiger partial charge in [0.15, 0.2) is 0 Å². The molecule has 2 atom stereocenters. The summed E-state index contributed by atoms with van der Waals surface area (Å²) in [7, 11) is 0. The van der Waals surface area contributed by atoms with E-state index in [9.17, 15) is 4.39 Å². The van der Waals surface area contributed by atoms with E-state index in [4.69, 9.17) is 15.9 Å². The first-order valence-electron chi connectivity index (χ1n) is 5.28. The fraction of sp³-hybridized carbons (Fsp3) is 0.727. The molecule has 0 saturated heterocycles. The third kappa shape index (κ3) is 2.20. The second kappa shape index (κ2) is 4.75. The van der Waals surface area contributed by atoms with E-state index < -0.39 is 11.6 Å². The third-order valence-corrected chi connectivity index (χ3v) is 2.91. The molecule has 3 nitrogen and oxygen atoms in total. The summed E-state index contributed by atoms with van der Waals surface area (Å²) >= 11 is 0. The molecule has 0 aliphatic heterocycles. The van der Waals surface area contributed by atoms with Crippen molar-refractivity contribution in [2.45, 2.75) is 32.9 Å². The monoisotopic (exact) mass is 214 g/mol. The molecule has 0 amide bonds. The zero-order chi connectivity index (χ0) is 11.5. The molecule has 0 radical (unpaired) electrons. The van der Waals surface area contributed by atoms with E-state index in [0.29, 0.717) is 18.7 Å². The Labute approximate surface area is 90.0 Å². The highest BCUT2D eigenvalue weighted by Gasteiger charge is 2.42. The van der Waals surface area contributed by atoms with Gasteiger partial charge in [0.25, 0.3) is 0 Å². The van der Waals surface area contributed by atoms with E-state index in [1.807, 2.05) is 6.92 Å². The maximum absolute atomic E-state index is 13.0. The minimum absolute atomic E-state index is 0.0682. The van der Waals surface area contributed by atoms with Gasteiger partial charge in [0.1, 0.15) is 18.5 Å². The molecule has 0 bridgehead atoms. The Morgan fingerprint density at radius 1 is 1.73 bits per heavy atom. The van der Waals surface area contributed by atoms with Crippen LogP contribution in [0.3, 0.4) is 0 Å². The molecule has 1 rings (SSSR count). The van der Waals surface area contributed by atoms with Gasteiger partial charge in [-0.1, -0.05) is 6.92 Å². The molecule has 0 aromatic heterocycles. The number of allylic oxidation sites excluding steroid dienone is 1. The van der Waals surface area contributed by atoms with E-state index in [-0.39, 0.29) is 6.61 Å². The fourth-order valence-electron chi connectivity index (χ4n) is 1.85. The van der Waals surface area contributed by atoms with Crippen molar-refractivity contribution in [3.63, 3.8) is 0 Å². The molecular formula is C11H19FN2O. The molecule has 2 unspecified atom stereocenters. The fourth-order valence-corrected chi connectivity index (χ4v) is 1.85. The number of nitrogens with one attached hydrogen (secondary N) is 1. The van der Waals surface area contributed by atoms with E-state index in [1.54, 1.807) is 6.92 Å². The minimum Gasteiger partial charge on any atom is -0.494 e. The van der Waals surface area contributed by atoms with Crippen LogP contribution >= 0.6 is 0 Å². The molecule has 0 fully saturated rings. The van der Waals surface area contributed by atoms with Gasteiger partial charge in [-0.05, 0) is 25.3 Å². The average Bonchev–Trinajstić information content (AvgIpc) is 2.25. The Bertz CT molecular complexity index is 278. The normalized spacial score (nSPS) is 27.2. The molecule has 0 spiro atoms. The molecule has 1 aliphatic rings. The molecule has 1 aliphatic carbocycles. The zero-order valence-corrected chi connectivity index (χ0v) is 9.35. The van der Waals surface area contributed by atoms with Crippen LogP contribution in [0.1, 0.15) is 26.7 Å². The van der Waals surface area contributed by atoms with Crippen molar-refractivity contribution < 1.29 is 9.13 Å². The summed E-state index contributed by atoms with van der Waals surface area (Å²) < 4.78 is 18.4. The van der Waals surface area contributed by atoms with Gasteiger partial charge in [-0.25, -0.2) is 4.39 Å². The highest BCUT2D eigenvalue weighted by atomic mass is 19.1. The standard InChI is InChI=1S/C11H19FN2O/c1-3-9(12)5-15-10-8(2)4-11(10,6-13)7-14/h6,9,13H,3-5,7,14H2,1-2H3. The molecule has 4 heteroatoms. The molecule has 0 aromatic rings. The number of hydrogen-bond donors (Lipinski definition) is 2. The summed E-state index contributed by atoms with van der Waals surface area (Å²) in [4.78, 5) is 0. The first kappa shape index (κ1) is 12.2. The van der Waals surface area contributed by atoms with Crippen LogP contribution in [0.4, 0.5) is 4.39 Å². The predicted molar refractivity (Wildman–Crippen MR) is 58.7 cm³/mol. The Morgan fingerprint density at radius 3 is 2.80 bits per heavy atom. The highest BCUT2D eigenvalue weighted by molar-refractivity contribution is 5.71. The summed E-state index contributed by atoms with van der Waals surface area (Å²) in [6.45, 7) is 4.14. The highest BCUT2D eigenvalue weighted by Crippen LogP contribution is 2.44. The maximum Gasteiger partial charge on any atom is 0.134 e. The van der Waals surface area contributed by atoms with Crippen LogP contribution in [0.2, 0.25) is 0 Å². The largest absolute Gasteiger partial charge is 0.494 e. The topological polar surface area (TPSA) is 59.1 Å². The number of rotatable bonds is 6. The van der Waals surface area contributed by atoms with Crippen molar-refractivity contribution in [2.24, 2.45) is 11.1 Å². The van der Waals surface area contributed by atoms with E-state index >= 15 is 0 Å². The summed E-state index contributed by atoms with van der Waals surface area (Å²) in [5.74, 6) is 0.705. The number of halogens is 1. The lowest BCUT2D eigenvalue weighted by Gasteiger charge is -2.40. The van der Waals surface area contributed by atoms with Crippen LogP contribution in [-0.2, 0) is 4.74 Å². The van der Waals surface area contributed by atoms with Crippen LogP contribution in [0.25, 0.3) is 0 Å². The van der Waals surface area contributed by atoms with Crippen LogP contribution < -0.4 is 5.73 Å². The molecule has 0 heterocycles. The van der Waals surface area contributed by atoms with Crippen molar-refractivity contribution in [3.8, 4) is 0 Å². The number of nitrogens with two attached hydrogens (primary N) is 1. The van der Waals surface area contributed by atoms with E-state index in [2.05, 4.69) is 0 Å². The van der Waals surface area contributed by atoms with Gasteiger partial charge in [-0.3, -0.25) is 0 Å². The van der Waals surface area contributed by atoms with Crippen LogP contribution in [-0.4, -0.2) is 25.5 Å². The second-order valence-corrected chi connectivity index (χ2v) is 4.11. The molecule has 0 aromatic carbocycles. The number of alkyl halides is 1. The summed E-state index contributed by atoms with van der Waals surface area (Å²) in [5.41, 5.74) is 6.23. The molecule has 86 valence electrons. The van der Waals surface area contributed by atoms with Gasteiger partial charge in [0, 0.05) is 12.8 Å². The molecule has 15 heavy (non-hydrogen) atoms. The first-order chi connectivity index (χ1) is 7.09. The Kier molecular flexibility index (Phi) is 3.85. The number of ether oxygens (including phenoxy) is 1. The SMILES string of the molecule is CCC(F)COC1=C(C)CC1(C=N)CN. The second-order valence-electron chi connectivity index (χ2n) is 4.11. The summed E-state index contributed by atoms with van der Waals surface area (Å²) in [6, 6.07) is 0. The molecule has 0 saturated carbocycles. The average molecular weight is 214 g/mol. The quantitative estimate of drug-likeness (QED) is 0.664. The van der Waals surface area contributed by atoms with Crippen molar-refractivity contribution in [3.05, 3.63) is 11.3 Å². The first-order valence-corrected chi connectivity index (χ1v) is 5.28.